The van der Waals surface area contributed by atoms with Crippen LogP contribution in [0.5, 0.6) is 0 Å². The van der Waals surface area contributed by atoms with Gasteiger partial charge < -0.3 is 4.74 Å². The molecule has 2 aliphatic rings. The van der Waals surface area contributed by atoms with Gasteiger partial charge in [0.25, 0.3) is 0 Å². The topological polar surface area (TPSA) is 47.3 Å². The zero-order chi connectivity index (χ0) is 10.2. The third-order valence-electron chi connectivity index (χ3n) is 3.99. The molecule has 1 aliphatic heterocycles. The molecule has 1 heterocycles. The average molecular weight is 198 g/mol. The van der Waals surface area contributed by atoms with Crippen LogP contribution in [0.1, 0.15) is 33.1 Å². The summed E-state index contributed by atoms with van der Waals surface area (Å²) in [5, 5.41) is 0. The van der Waals surface area contributed by atoms with E-state index in [0.717, 1.165) is 25.0 Å². The lowest BCUT2D eigenvalue weighted by molar-refractivity contribution is 0.0489. The molecule has 0 aromatic carbocycles. The fourth-order valence-corrected chi connectivity index (χ4v) is 2.78. The van der Waals surface area contributed by atoms with Gasteiger partial charge in [-0.15, -0.1) is 0 Å². The van der Waals surface area contributed by atoms with Crippen LogP contribution in [0.2, 0.25) is 0 Å². The van der Waals surface area contributed by atoms with Gasteiger partial charge in [-0.25, -0.2) is 0 Å². The molecule has 3 N–H and O–H groups in total. The van der Waals surface area contributed by atoms with Crippen LogP contribution in [0.4, 0.5) is 0 Å². The molecule has 0 amide bonds. The van der Waals surface area contributed by atoms with Gasteiger partial charge >= 0.3 is 0 Å². The van der Waals surface area contributed by atoms with Crippen molar-refractivity contribution < 1.29 is 4.74 Å². The molecule has 0 aromatic heterocycles. The van der Waals surface area contributed by atoms with E-state index < -0.39 is 0 Å². The maximum absolute atomic E-state index is 5.67. The van der Waals surface area contributed by atoms with Gasteiger partial charge in [0.1, 0.15) is 0 Å². The molecule has 2 unspecified atom stereocenters. The van der Waals surface area contributed by atoms with Gasteiger partial charge in [-0.2, -0.15) is 0 Å². The predicted molar refractivity (Wildman–Crippen MR) is 56.5 cm³/mol. The van der Waals surface area contributed by atoms with Crippen LogP contribution in [-0.2, 0) is 4.74 Å². The van der Waals surface area contributed by atoms with Crippen molar-refractivity contribution in [1.82, 2.24) is 5.43 Å². The Morgan fingerprint density at radius 2 is 1.93 bits per heavy atom. The lowest BCUT2D eigenvalue weighted by atomic mass is 9.87. The van der Waals surface area contributed by atoms with E-state index in [1.807, 2.05) is 0 Å². The number of hydrogen-bond acceptors (Lipinski definition) is 3. The van der Waals surface area contributed by atoms with Gasteiger partial charge in [0.15, 0.2) is 0 Å². The molecule has 2 fully saturated rings. The zero-order valence-corrected chi connectivity index (χ0v) is 9.25. The Bertz CT molecular complexity index is 199. The molecule has 0 radical (unpaired) electrons. The first kappa shape index (κ1) is 10.4. The summed E-state index contributed by atoms with van der Waals surface area (Å²) in [5.74, 6) is 7.17. The minimum Gasteiger partial charge on any atom is -0.381 e. The second kappa shape index (κ2) is 3.80. The summed E-state index contributed by atoms with van der Waals surface area (Å²) in [4.78, 5) is 0. The van der Waals surface area contributed by atoms with E-state index in [4.69, 9.17) is 10.6 Å². The van der Waals surface area contributed by atoms with Crippen LogP contribution in [0, 0.1) is 17.3 Å². The van der Waals surface area contributed by atoms with Gasteiger partial charge in [-0.1, -0.05) is 13.8 Å². The molecule has 0 spiro atoms. The average Bonchev–Trinajstić information content (AvgIpc) is 2.78. The van der Waals surface area contributed by atoms with Crippen molar-refractivity contribution in [1.29, 1.82) is 0 Å². The smallest absolute Gasteiger partial charge is 0.0469 e. The summed E-state index contributed by atoms with van der Waals surface area (Å²) in [6, 6.07) is 0.508. The van der Waals surface area contributed by atoms with Crippen LogP contribution in [0.15, 0.2) is 0 Å². The highest BCUT2D eigenvalue weighted by Gasteiger charge is 2.51. The molecule has 1 saturated carbocycles. The first-order valence-corrected chi connectivity index (χ1v) is 5.69. The van der Waals surface area contributed by atoms with E-state index in [0.29, 0.717) is 11.5 Å². The number of nitrogens with two attached hydrogens (primary N) is 1. The van der Waals surface area contributed by atoms with Crippen molar-refractivity contribution in [3.05, 3.63) is 0 Å². The minimum atomic E-state index is 0.508. The molecule has 0 aromatic rings. The summed E-state index contributed by atoms with van der Waals surface area (Å²) in [5.41, 5.74) is 3.54. The van der Waals surface area contributed by atoms with E-state index >= 15 is 0 Å². The third kappa shape index (κ3) is 1.95. The second-order valence-electron chi connectivity index (χ2n) is 5.44. The number of ether oxygens (including phenoxy) is 1. The normalized spacial score (nSPS) is 34.1. The van der Waals surface area contributed by atoms with Crippen LogP contribution in [0.25, 0.3) is 0 Å². The Labute approximate surface area is 86.4 Å². The molecule has 14 heavy (non-hydrogen) atoms. The lowest BCUT2D eigenvalue weighted by Crippen LogP contribution is -2.45. The summed E-state index contributed by atoms with van der Waals surface area (Å²) < 4.78 is 5.38. The number of nitrogens with one attached hydrogen (secondary N) is 1. The largest absolute Gasteiger partial charge is 0.381 e. The van der Waals surface area contributed by atoms with E-state index in [2.05, 4.69) is 19.3 Å². The lowest BCUT2D eigenvalue weighted by Gasteiger charge is -2.30. The van der Waals surface area contributed by atoms with E-state index in [-0.39, 0.29) is 0 Å². The number of hydrogen-bond donors (Lipinski definition) is 2. The summed E-state index contributed by atoms with van der Waals surface area (Å²) in [7, 11) is 0. The van der Waals surface area contributed by atoms with Crippen molar-refractivity contribution in [2.75, 3.05) is 13.2 Å². The van der Waals surface area contributed by atoms with Gasteiger partial charge in [-0.3, -0.25) is 11.3 Å². The van der Waals surface area contributed by atoms with Crippen LogP contribution < -0.4 is 11.3 Å². The quantitative estimate of drug-likeness (QED) is 0.530. The second-order valence-corrected chi connectivity index (χ2v) is 5.44. The van der Waals surface area contributed by atoms with Crippen LogP contribution in [0.3, 0.4) is 0 Å². The van der Waals surface area contributed by atoms with Crippen molar-refractivity contribution in [3.63, 3.8) is 0 Å². The fraction of sp³-hybridized carbons (Fsp3) is 1.00. The van der Waals surface area contributed by atoms with E-state index in [1.54, 1.807) is 0 Å². The Morgan fingerprint density at radius 3 is 2.36 bits per heavy atom. The highest BCUT2D eigenvalue weighted by Crippen LogP contribution is 2.55. The number of rotatable bonds is 3. The summed E-state index contributed by atoms with van der Waals surface area (Å²) in [6.07, 6.45) is 3.65. The van der Waals surface area contributed by atoms with Crippen molar-refractivity contribution >= 4 is 0 Å². The molecular formula is C11H22N2O. The fourth-order valence-electron chi connectivity index (χ4n) is 2.78. The minimum absolute atomic E-state index is 0.508. The van der Waals surface area contributed by atoms with Gasteiger partial charge in [0.2, 0.25) is 0 Å². The third-order valence-corrected chi connectivity index (χ3v) is 3.99. The van der Waals surface area contributed by atoms with E-state index in [9.17, 15) is 0 Å². The maximum Gasteiger partial charge on any atom is 0.0469 e. The van der Waals surface area contributed by atoms with Gasteiger partial charge in [-0.05, 0) is 36.5 Å². The van der Waals surface area contributed by atoms with Crippen LogP contribution in [-0.4, -0.2) is 19.3 Å². The first-order valence-electron chi connectivity index (χ1n) is 5.69. The molecule has 82 valence electrons. The zero-order valence-electron chi connectivity index (χ0n) is 9.25. The predicted octanol–water partition coefficient (Wildman–Crippen LogP) is 1.29. The van der Waals surface area contributed by atoms with Crippen molar-refractivity contribution in [2.45, 2.75) is 39.2 Å². The molecule has 1 aliphatic carbocycles. The molecule has 0 bridgehead atoms. The first-order chi connectivity index (χ1) is 6.65. The van der Waals surface area contributed by atoms with Gasteiger partial charge in [0, 0.05) is 19.3 Å². The van der Waals surface area contributed by atoms with Gasteiger partial charge in [0.05, 0.1) is 0 Å². The molecule has 3 nitrogen and oxygen atoms in total. The SMILES string of the molecule is CC1(C)CC1C(NN)C1CCOCC1. The maximum atomic E-state index is 5.67. The molecule has 1 saturated heterocycles. The Hall–Kier alpha value is -0.120. The van der Waals surface area contributed by atoms with Crippen molar-refractivity contribution in [3.8, 4) is 0 Å². The Morgan fingerprint density at radius 1 is 1.36 bits per heavy atom. The molecule has 3 heteroatoms. The van der Waals surface area contributed by atoms with E-state index in [1.165, 1.54) is 19.3 Å². The summed E-state index contributed by atoms with van der Waals surface area (Å²) in [6.45, 7) is 6.49. The monoisotopic (exact) mass is 198 g/mol. The van der Waals surface area contributed by atoms with Crippen molar-refractivity contribution in [2.24, 2.45) is 23.1 Å². The molecule has 2 rings (SSSR count). The summed E-state index contributed by atoms with van der Waals surface area (Å²) >= 11 is 0. The highest BCUT2D eigenvalue weighted by molar-refractivity contribution is 5.03. The van der Waals surface area contributed by atoms with Crippen LogP contribution >= 0.6 is 0 Å². The molecule has 2 atom stereocenters. The standard InChI is InChI=1S/C11H22N2O/c1-11(2)7-9(11)10(13-12)8-3-5-14-6-4-8/h8-10,13H,3-7,12H2,1-2H3. The Kier molecular flexibility index (Phi) is 2.82. The Balaban J connectivity index is 1.92. The highest BCUT2D eigenvalue weighted by atomic mass is 16.5. The molecular weight excluding hydrogens is 176 g/mol. The number of hydrazine groups is 1.